The molecule has 0 saturated carbocycles. The zero-order chi connectivity index (χ0) is 19.1. The highest BCUT2D eigenvalue weighted by atomic mass is 19.1. The largest absolute Gasteiger partial charge is 0.325 e. The van der Waals surface area contributed by atoms with Crippen molar-refractivity contribution in [3.05, 3.63) is 71.6 Å². The third-order valence-electron chi connectivity index (χ3n) is 4.78. The Labute approximate surface area is 160 Å². The fourth-order valence-corrected chi connectivity index (χ4v) is 3.15. The Morgan fingerprint density at radius 3 is 2.52 bits per heavy atom. The molecule has 3 rings (SSSR count). The lowest BCUT2D eigenvalue weighted by atomic mass is 10.2. The molecular weight excluding hydrogens is 341 g/mol. The van der Waals surface area contributed by atoms with Crippen molar-refractivity contribution in [3.8, 4) is 0 Å². The van der Waals surface area contributed by atoms with E-state index in [4.69, 9.17) is 0 Å². The molecule has 5 heteroatoms. The van der Waals surface area contributed by atoms with Gasteiger partial charge in [-0.1, -0.05) is 48.6 Å². The van der Waals surface area contributed by atoms with Gasteiger partial charge in [-0.3, -0.25) is 14.6 Å². The van der Waals surface area contributed by atoms with Crippen LogP contribution in [-0.4, -0.2) is 55.0 Å². The molecule has 1 aliphatic rings. The minimum Gasteiger partial charge on any atom is -0.325 e. The first-order valence-corrected chi connectivity index (χ1v) is 9.32. The quantitative estimate of drug-likeness (QED) is 0.850. The van der Waals surface area contributed by atoms with Crippen LogP contribution in [0.25, 0.3) is 6.08 Å². The normalized spacial score (nSPS) is 15.9. The van der Waals surface area contributed by atoms with Crippen molar-refractivity contribution in [2.24, 2.45) is 0 Å². The molecule has 0 atom stereocenters. The molecule has 1 N–H and O–H groups in total. The predicted octanol–water partition coefficient (Wildman–Crippen LogP) is 3.40. The Morgan fingerprint density at radius 2 is 1.78 bits per heavy atom. The number of hydrogen-bond acceptors (Lipinski definition) is 3. The van der Waals surface area contributed by atoms with E-state index in [0.717, 1.165) is 38.3 Å². The van der Waals surface area contributed by atoms with Gasteiger partial charge in [0, 0.05) is 38.4 Å². The second kappa shape index (κ2) is 9.44. The second-order valence-corrected chi connectivity index (χ2v) is 6.90. The molecular formula is C22H26FN3O. The number of aryl methyl sites for hydroxylation is 1. The highest BCUT2D eigenvalue weighted by molar-refractivity contribution is 5.92. The molecule has 142 valence electrons. The van der Waals surface area contributed by atoms with E-state index in [0.29, 0.717) is 12.2 Å². The van der Waals surface area contributed by atoms with Crippen molar-refractivity contribution in [1.29, 1.82) is 0 Å². The summed E-state index contributed by atoms with van der Waals surface area (Å²) in [5, 5.41) is 2.82. The van der Waals surface area contributed by atoms with Gasteiger partial charge in [-0.2, -0.15) is 0 Å². The van der Waals surface area contributed by atoms with Crippen molar-refractivity contribution in [1.82, 2.24) is 9.80 Å². The van der Waals surface area contributed by atoms with E-state index in [1.165, 1.54) is 17.7 Å². The number of carbonyl (C=O) groups is 1. The fourth-order valence-electron chi connectivity index (χ4n) is 3.15. The van der Waals surface area contributed by atoms with Gasteiger partial charge < -0.3 is 5.32 Å². The maximum Gasteiger partial charge on any atom is 0.238 e. The van der Waals surface area contributed by atoms with E-state index < -0.39 is 0 Å². The number of amides is 1. The molecule has 1 saturated heterocycles. The second-order valence-electron chi connectivity index (χ2n) is 6.90. The van der Waals surface area contributed by atoms with Crippen LogP contribution < -0.4 is 5.32 Å². The maximum atomic E-state index is 13.3. The molecule has 0 aliphatic carbocycles. The van der Waals surface area contributed by atoms with Crippen LogP contribution in [0.3, 0.4) is 0 Å². The standard InChI is InChI=1S/C22H26FN3O/c1-18-9-10-20(23)16-21(18)24-22(27)17-26-14-12-25(13-15-26)11-5-8-19-6-3-2-4-7-19/h2-10,16H,11-15,17H2,1H3,(H,24,27)/b8-5+. The zero-order valence-electron chi connectivity index (χ0n) is 15.7. The Hall–Kier alpha value is -2.50. The van der Waals surface area contributed by atoms with Gasteiger partial charge in [0.15, 0.2) is 0 Å². The Kier molecular flexibility index (Phi) is 6.74. The van der Waals surface area contributed by atoms with Gasteiger partial charge in [0.1, 0.15) is 5.82 Å². The van der Waals surface area contributed by atoms with Crippen LogP contribution in [0.2, 0.25) is 0 Å². The average Bonchev–Trinajstić information content (AvgIpc) is 2.67. The average molecular weight is 367 g/mol. The maximum absolute atomic E-state index is 13.3. The third-order valence-corrected chi connectivity index (χ3v) is 4.78. The first-order valence-electron chi connectivity index (χ1n) is 9.32. The summed E-state index contributed by atoms with van der Waals surface area (Å²) in [5.41, 5.74) is 2.62. The SMILES string of the molecule is Cc1ccc(F)cc1NC(=O)CN1CCN(C/C=C/c2ccccc2)CC1. The first kappa shape index (κ1) is 19.3. The molecule has 1 aliphatic heterocycles. The molecule has 1 fully saturated rings. The van der Waals surface area contributed by atoms with Gasteiger partial charge in [-0.15, -0.1) is 0 Å². The van der Waals surface area contributed by atoms with E-state index in [9.17, 15) is 9.18 Å². The molecule has 0 unspecified atom stereocenters. The van der Waals surface area contributed by atoms with Crippen LogP contribution in [0, 0.1) is 12.7 Å². The van der Waals surface area contributed by atoms with E-state index in [1.54, 1.807) is 6.07 Å². The van der Waals surface area contributed by atoms with Crippen LogP contribution in [0.1, 0.15) is 11.1 Å². The van der Waals surface area contributed by atoms with Crippen LogP contribution in [0.15, 0.2) is 54.6 Å². The van der Waals surface area contributed by atoms with Gasteiger partial charge in [-0.25, -0.2) is 4.39 Å². The zero-order valence-corrected chi connectivity index (χ0v) is 15.7. The van der Waals surface area contributed by atoms with Crippen molar-refractivity contribution in [2.75, 3.05) is 44.6 Å². The van der Waals surface area contributed by atoms with E-state index in [-0.39, 0.29) is 11.7 Å². The van der Waals surface area contributed by atoms with Crippen LogP contribution in [0.5, 0.6) is 0 Å². The number of carbonyl (C=O) groups excluding carboxylic acids is 1. The highest BCUT2D eigenvalue weighted by Crippen LogP contribution is 2.16. The lowest BCUT2D eigenvalue weighted by Crippen LogP contribution is -2.48. The topological polar surface area (TPSA) is 35.6 Å². The Bertz CT molecular complexity index is 783. The number of piperazine rings is 1. The molecule has 4 nitrogen and oxygen atoms in total. The van der Waals surface area contributed by atoms with Crippen molar-refractivity contribution in [2.45, 2.75) is 6.92 Å². The van der Waals surface area contributed by atoms with E-state index in [1.807, 2.05) is 25.1 Å². The number of nitrogens with one attached hydrogen (secondary N) is 1. The molecule has 1 heterocycles. The lowest BCUT2D eigenvalue weighted by molar-refractivity contribution is -0.117. The number of benzene rings is 2. The smallest absolute Gasteiger partial charge is 0.238 e. The summed E-state index contributed by atoms with van der Waals surface area (Å²) >= 11 is 0. The van der Waals surface area contributed by atoms with Gasteiger partial charge in [0.2, 0.25) is 5.91 Å². The number of nitrogens with zero attached hydrogens (tertiary/aromatic N) is 2. The minimum atomic E-state index is -0.340. The predicted molar refractivity (Wildman–Crippen MR) is 108 cm³/mol. The highest BCUT2D eigenvalue weighted by Gasteiger charge is 2.18. The summed E-state index contributed by atoms with van der Waals surface area (Å²) in [6.07, 6.45) is 4.32. The van der Waals surface area contributed by atoms with Gasteiger partial charge >= 0.3 is 0 Å². The molecule has 1 amide bonds. The summed E-state index contributed by atoms with van der Waals surface area (Å²) in [5.74, 6) is -0.436. The molecule has 0 spiro atoms. The van der Waals surface area contributed by atoms with E-state index >= 15 is 0 Å². The summed E-state index contributed by atoms with van der Waals surface area (Å²) < 4.78 is 13.3. The summed E-state index contributed by atoms with van der Waals surface area (Å²) in [6.45, 7) is 6.69. The Morgan fingerprint density at radius 1 is 1.07 bits per heavy atom. The molecule has 0 radical (unpaired) electrons. The number of hydrogen-bond donors (Lipinski definition) is 1. The van der Waals surface area contributed by atoms with Gasteiger partial charge in [0.05, 0.1) is 6.54 Å². The molecule has 2 aromatic rings. The van der Waals surface area contributed by atoms with Crippen LogP contribution >= 0.6 is 0 Å². The number of halogens is 1. The lowest BCUT2D eigenvalue weighted by Gasteiger charge is -2.33. The van der Waals surface area contributed by atoms with Crippen molar-refractivity contribution < 1.29 is 9.18 Å². The fraction of sp³-hybridized carbons (Fsp3) is 0.318. The summed E-state index contributed by atoms with van der Waals surface area (Å²) in [4.78, 5) is 16.8. The summed E-state index contributed by atoms with van der Waals surface area (Å²) in [7, 11) is 0. The third kappa shape index (κ3) is 6.01. The van der Waals surface area contributed by atoms with Crippen LogP contribution in [0.4, 0.5) is 10.1 Å². The monoisotopic (exact) mass is 367 g/mol. The van der Waals surface area contributed by atoms with Crippen molar-refractivity contribution >= 4 is 17.7 Å². The minimum absolute atomic E-state index is 0.0962. The number of rotatable bonds is 6. The van der Waals surface area contributed by atoms with Gasteiger partial charge in [0.25, 0.3) is 0 Å². The van der Waals surface area contributed by atoms with Gasteiger partial charge in [-0.05, 0) is 30.2 Å². The molecule has 27 heavy (non-hydrogen) atoms. The van der Waals surface area contributed by atoms with Crippen molar-refractivity contribution in [3.63, 3.8) is 0 Å². The molecule has 0 aromatic heterocycles. The first-order chi connectivity index (χ1) is 13.1. The van der Waals surface area contributed by atoms with E-state index in [2.05, 4.69) is 39.4 Å². The molecule has 2 aromatic carbocycles. The van der Waals surface area contributed by atoms with Crippen LogP contribution in [-0.2, 0) is 4.79 Å². The Balaban J connectivity index is 1.40. The number of anilines is 1. The summed E-state index contributed by atoms with van der Waals surface area (Å²) in [6, 6.07) is 14.7. The molecule has 0 bridgehead atoms.